The number of aliphatic hydroxyl groups excluding tert-OH is 1. The number of nitrogens with one attached hydrogen (secondary N) is 1. The van der Waals surface area contributed by atoms with Gasteiger partial charge in [0.1, 0.15) is 11.6 Å². The van der Waals surface area contributed by atoms with Crippen LogP contribution in [0.4, 0.5) is 4.39 Å². The number of carbonyl (C=O) groups is 2. The molecule has 2 fully saturated rings. The fourth-order valence-corrected chi connectivity index (χ4v) is 3.83. The number of amides is 2. The van der Waals surface area contributed by atoms with Crippen LogP contribution in [-0.4, -0.2) is 72.7 Å². The van der Waals surface area contributed by atoms with Crippen LogP contribution in [0.1, 0.15) is 24.8 Å². The molecule has 2 N–H and O–H groups in total. The monoisotopic (exact) mass is 393 g/mol. The number of piperazine rings is 1. The van der Waals surface area contributed by atoms with Crippen LogP contribution in [0.15, 0.2) is 18.2 Å². The van der Waals surface area contributed by atoms with E-state index in [9.17, 15) is 19.1 Å². The maximum atomic E-state index is 14.3. The summed E-state index contributed by atoms with van der Waals surface area (Å²) in [6.07, 6.45) is 1.63. The number of methoxy groups -OCH3 is 1. The van der Waals surface area contributed by atoms with Crippen molar-refractivity contribution in [3.63, 3.8) is 0 Å². The Morgan fingerprint density at radius 1 is 1.32 bits per heavy atom. The molecule has 1 aromatic rings. The number of rotatable bonds is 6. The standard InChI is InChI=1S/C20H28FN3O4/c1-28-16-3-2-15(17(21)10-16)12-24-9-6-22-20(27)18(24)11-19(26)23-7-4-14(13-25)5-8-23/h2-3,10,14,18,25H,4-9,11-13H2,1H3,(H,22,27)/t18-/m1/s1. The Balaban J connectivity index is 1.65. The van der Waals surface area contributed by atoms with Crippen molar-refractivity contribution >= 4 is 11.8 Å². The van der Waals surface area contributed by atoms with E-state index in [4.69, 9.17) is 4.74 Å². The lowest BCUT2D eigenvalue weighted by Crippen LogP contribution is -2.56. The molecule has 8 heteroatoms. The topological polar surface area (TPSA) is 82.1 Å². The van der Waals surface area contributed by atoms with Crippen molar-refractivity contribution in [1.29, 1.82) is 0 Å². The van der Waals surface area contributed by atoms with E-state index in [0.29, 0.717) is 37.5 Å². The number of ether oxygens (including phenoxy) is 1. The number of benzene rings is 1. The zero-order valence-corrected chi connectivity index (χ0v) is 16.2. The van der Waals surface area contributed by atoms with E-state index in [1.165, 1.54) is 13.2 Å². The number of likely N-dealkylation sites (tertiary alicyclic amines) is 1. The minimum absolute atomic E-state index is 0.0707. The van der Waals surface area contributed by atoms with Gasteiger partial charge in [-0.2, -0.15) is 0 Å². The molecule has 2 heterocycles. The number of nitrogens with zero attached hydrogens (tertiary/aromatic N) is 2. The summed E-state index contributed by atoms with van der Waals surface area (Å²) in [6.45, 7) is 2.64. The molecule has 154 valence electrons. The second-order valence-electron chi connectivity index (χ2n) is 7.45. The van der Waals surface area contributed by atoms with Gasteiger partial charge in [0.25, 0.3) is 0 Å². The smallest absolute Gasteiger partial charge is 0.237 e. The third-order valence-electron chi connectivity index (χ3n) is 5.67. The van der Waals surface area contributed by atoms with E-state index in [1.807, 2.05) is 4.90 Å². The highest BCUT2D eigenvalue weighted by atomic mass is 19.1. The molecular formula is C20H28FN3O4. The molecule has 1 aromatic carbocycles. The number of hydrogen-bond acceptors (Lipinski definition) is 5. The highest BCUT2D eigenvalue weighted by molar-refractivity contribution is 5.88. The van der Waals surface area contributed by atoms with Crippen molar-refractivity contribution in [2.75, 3.05) is 39.9 Å². The number of hydrogen-bond donors (Lipinski definition) is 2. The summed E-state index contributed by atoms with van der Waals surface area (Å²) in [5.41, 5.74) is 0.469. The maximum Gasteiger partial charge on any atom is 0.237 e. The van der Waals surface area contributed by atoms with Crippen molar-refractivity contribution in [1.82, 2.24) is 15.1 Å². The third kappa shape index (κ3) is 4.80. The normalized spacial score (nSPS) is 21.5. The Kier molecular flexibility index (Phi) is 6.85. The van der Waals surface area contributed by atoms with Gasteiger partial charge in [-0.25, -0.2) is 4.39 Å². The summed E-state index contributed by atoms with van der Waals surface area (Å²) in [4.78, 5) is 28.8. The quantitative estimate of drug-likeness (QED) is 0.746. The molecule has 0 aromatic heterocycles. The molecule has 2 saturated heterocycles. The predicted molar refractivity (Wildman–Crippen MR) is 101 cm³/mol. The van der Waals surface area contributed by atoms with Crippen LogP contribution in [0.5, 0.6) is 5.75 Å². The van der Waals surface area contributed by atoms with Gasteiger partial charge >= 0.3 is 0 Å². The molecule has 28 heavy (non-hydrogen) atoms. The predicted octanol–water partition coefficient (Wildman–Crippen LogP) is 0.756. The van der Waals surface area contributed by atoms with Crippen LogP contribution in [0, 0.1) is 11.7 Å². The van der Waals surface area contributed by atoms with E-state index in [0.717, 1.165) is 12.8 Å². The van der Waals surface area contributed by atoms with Crippen molar-refractivity contribution in [2.24, 2.45) is 5.92 Å². The van der Waals surface area contributed by atoms with E-state index in [-0.39, 0.29) is 43.1 Å². The van der Waals surface area contributed by atoms with Crippen LogP contribution in [0.2, 0.25) is 0 Å². The first-order valence-corrected chi connectivity index (χ1v) is 9.74. The van der Waals surface area contributed by atoms with Gasteiger partial charge in [0.05, 0.1) is 19.6 Å². The Morgan fingerprint density at radius 3 is 2.71 bits per heavy atom. The molecular weight excluding hydrogens is 365 g/mol. The molecule has 3 rings (SSSR count). The minimum atomic E-state index is -0.613. The summed E-state index contributed by atoms with van der Waals surface area (Å²) >= 11 is 0. The number of halogens is 1. The fraction of sp³-hybridized carbons (Fsp3) is 0.600. The highest BCUT2D eigenvalue weighted by Crippen LogP contribution is 2.22. The average Bonchev–Trinajstić information content (AvgIpc) is 2.71. The summed E-state index contributed by atoms with van der Waals surface area (Å²) < 4.78 is 19.4. The molecule has 2 amide bonds. The molecule has 0 spiro atoms. The van der Waals surface area contributed by atoms with Gasteiger partial charge in [-0.3, -0.25) is 14.5 Å². The van der Waals surface area contributed by atoms with Gasteiger partial charge in [-0.1, -0.05) is 6.07 Å². The van der Waals surface area contributed by atoms with Crippen molar-refractivity contribution in [3.8, 4) is 5.75 Å². The zero-order valence-electron chi connectivity index (χ0n) is 16.2. The largest absolute Gasteiger partial charge is 0.497 e. The molecule has 2 aliphatic heterocycles. The summed E-state index contributed by atoms with van der Waals surface area (Å²) in [6, 6.07) is 4.05. The first-order chi connectivity index (χ1) is 13.5. The van der Waals surface area contributed by atoms with E-state index in [2.05, 4.69) is 5.32 Å². The first-order valence-electron chi connectivity index (χ1n) is 9.74. The van der Waals surface area contributed by atoms with Gasteiger partial charge in [-0.05, 0) is 24.8 Å². The van der Waals surface area contributed by atoms with Gasteiger partial charge in [0, 0.05) is 51.0 Å². The van der Waals surface area contributed by atoms with Gasteiger partial charge < -0.3 is 20.1 Å². The maximum absolute atomic E-state index is 14.3. The fourth-order valence-electron chi connectivity index (χ4n) is 3.83. The molecule has 2 aliphatic rings. The number of aliphatic hydroxyl groups is 1. The minimum Gasteiger partial charge on any atom is -0.497 e. The highest BCUT2D eigenvalue weighted by Gasteiger charge is 2.34. The molecule has 1 atom stereocenters. The van der Waals surface area contributed by atoms with Crippen LogP contribution in [-0.2, 0) is 16.1 Å². The van der Waals surface area contributed by atoms with Crippen LogP contribution in [0.25, 0.3) is 0 Å². The SMILES string of the molecule is COc1ccc(CN2CCNC(=O)[C@H]2CC(=O)N2CCC(CO)CC2)c(F)c1. The molecule has 0 bridgehead atoms. The Bertz CT molecular complexity index is 707. The zero-order chi connectivity index (χ0) is 20.1. The summed E-state index contributed by atoms with van der Waals surface area (Å²) in [7, 11) is 1.48. The summed E-state index contributed by atoms with van der Waals surface area (Å²) in [5, 5.41) is 12.0. The lowest BCUT2D eigenvalue weighted by molar-refractivity contribution is -0.140. The Morgan fingerprint density at radius 2 is 2.07 bits per heavy atom. The first kappa shape index (κ1) is 20.5. The van der Waals surface area contributed by atoms with Crippen molar-refractivity contribution in [2.45, 2.75) is 31.8 Å². The molecule has 0 radical (unpaired) electrons. The summed E-state index contributed by atoms with van der Waals surface area (Å²) in [5.74, 6) is 0.0334. The molecule has 0 aliphatic carbocycles. The molecule has 0 saturated carbocycles. The Hall–Kier alpha value is -2.19. The van der Waals surface area contributed by atoms with Gasteiger partial charge in [0.2, 0.25) is 11.8 Å². The second kappa shape index (κ2) is 9.34. The van der Waals surface area contributed by atoms with Crippen molar-refractivity contribution < 1.29 is 23.8 Å². The van der Waals surface area contributed by atoms with Crippen LogP contribution < -0.4 is 10.1 Å². The van der Waals surface area contributed by atoms with E-state index in [1.54, 1.807) is 17.0 Å². The Labute approximate surface area is 164 Å². The van der Waals surface area contributed by atoms with Crippen molar-refractivity contribution in [3.05, 3.63) is 29.6 Å². The van der Waals surface area contributed by atoms with E-state index >= 15 is 0 Å². The van der Waals surface area contributed by atoms with E-state index < -0.39 is 6.04 Å². The lowest BCUT2D eigenvalue weighted by Gasteiger charge is -2.37. The molecule has 7 nitrogen and oxygen atoms in total. The lowest BCUT2D eigenvalue weighted by atomic mass is 9.97. The second-order valence-corrected chi connectivity index (χ2v) is 7.45. The number of carbonyl (C=O) groups excluding carboxylic acids is 2. The third-order valence-corrected chi connectivity index (χ3v) is 5.67. The number of piperidine rings is 1. The van der Waals surface area contributed by atoms with Crippen LogP contribution in [0.3, 0.4) is 0 Å². The van der Waals surface area contributed by atoms with Crippen LogP contribution >= 0.6 is 0 Å². The van der Waals surface area contributed by atoms with Gasteiger partial charge in [0.15, 0.2) is 0 Å². The average molecular weight is 393 g/mol. The molecule has 0 unspecified atom stereocenters. The van der Waals surface area contributed by atoms with Gasteiger partial charge in [-0.15, -0.1) is 0 Å².